The lowest BCUT2D eigenvalue weighted by molar-refractivity contribution is 0.602. The lowest BCUT2D eigenvalue weighted by Crippen LogP contribution is -2.16. The quantitative estimate of drug-likeness (QED) is 0.768. The zero-order valence-corrected chi connectivity index (χ0v) is 14.5. The SMILES string of the molecule is CCn1ncc(Br)c1C(N)c1cc(Br)c(Br)s1. The molecule has 0 aliphatic heterocycles. The first kappa shape index (κ1) is 13.7. The van der Waals surface area contributed by atoms with Gasteiger partial charge in [-0.05, 0) is 60.8 Å². The molecule has 1 atom stereocenters. The van der Waals surface area contributed by atoms with Crippen LogP contribution in [0.25, 0.3) is 0 Å². The molecule has 2 heterocycles. The normalized spacial score (nSPS) is 13.0. The molecule has 0 saturated heterocycles. The largest absolute Gasteiger partial charge is 0.318 e. The van der Waals surface area contributed by atoms with Gasteiger partial charge in [0.15, 0.2) is 0 Å². The molecule has 2 aromatic heterocycles. The van der Waals surface area contributed by atoms with Gasteiger partial charge in [0.1, 0.15) is 0 Å². The van der Waals surface area contributed by atoms with E-state index in [1.807, 2.05) is 10.7 Å². The van der Waals surface area contributed by atoms with Crippen molar-refractivity contribution in [1.82, 2.24) is 9.78 Å². The molecule has 3 nitrogen and oxygen atoms in total. The van der Waals surface area contributed by atoms with Crippen LogP contribution in [0.5, 0.6) is 0 Å². The molecule has 2 N–H and O–H groups in total. The summed E-state index contributed by atoms with van der Waals surface area (Å²) in [6.45, 7) is 2.86. The van der Waals surface area contributed by atoms with Crippen LogP contribution in [-0.4, -0.2) is 9.78 Å². The highest BCUT2D eigenvalue weighted by Gasteiger charge is 2.20. The van der Waals surface area contributed by atoms with Gasteiger partial charge in [-0.25, -0.2) is 0 Å². The molecule has 0 aliphatic carbocycles. The molecular weight excluding hydrogens is 434 g/mol. The highest BCUT2D eigenvalue weighted by Crippen LogP contribution is 2.38. The van der Waals surface area contributed by atoms with Gasteiger partial charge in [-0.3, -0.25) is 4.68 Å². The van der Waals surface area contributed by atoms with Gasteiger partial charge in [-0.15, -0.1) is 11.3 Å². The number of rotatable bonds is 3. The Morgan fingerprint density at radius 2 is 2.12 bits per heavy atom. The average molecular weight is 444 g/mol. The second-order valence-electron chi connectivity index (χ2n) is 3.44. The minimum atomic E-state index is -0.167. The fourth-order valence-corrected chi connectivity index (χ4v) is 4.22. The Bertz CT molecular complexity index is 515. The van der Waals surface area contributed by atoms with Crippen molar-refractivity contribution in [3.05, 3.63) is 35.6 Å². The highest BCUT2D eigenvalue weighted by molar-refractivity contribution is 9.13. The predicted octanol–water partition coefficient (Wildman–Crippen LogP) is 4.30. The van der Waals surface area contributed by atoms with Crippen LogP contribution < -0.4 is 5.73 Å². The maximum atomic E-state index is 6.30. The number of aryl methyl sites for hydroxylation is 1. The summed E-state index contributed by atoms with van der Waals surface area (Å²) in [5.41, 5.74) is 7.31. The fraction of sp³-hybridized carbons (Fsp3) is 0.300. The van der Waals surface area contributed by atoms with Crippen LogP contribution in [0.2, 0.25) is 0 Å². The van der Waals surface area contributed by atoms with Crippen molar-refractivity contribution in [3.8, 4) is 0 Å². The van der Waals surface area contributed by atoms with Crippen LogP contribution >= 0.6 is 59.1 Å². The molecule has 2 rings (SSSR count). The molecule has 2 aromatic rings. The van der Waals surface area contributed by atoms with Crippen LogP contribution in [0, 0.1) is 0 Å². The van der Waals surface area contributed by atoms with Crippen LogP contribution in [0.1, 0.15) is 23.5 Å². The number of nitrogens with zero attached hydrogens (tertiary/aromatic N) is 2. The third-order valence-electron chi connectivity index (χ3n) is 2.40. The minimum Gasteiger partial charge on any atom is -0.318 e. The topological polar surface area (TPSA) is 43.8 Å². The van der Waals surface area contributed by atoms with Crippen molar-refractivity contribution in [2.45, 2.75) is 19.5 Å². The van der Waals surface area contributed by atoms with Crippen molar-refractivity contribution >= 4 is 59.1 Å². The second kappa shape index (κ2) is 5.52. The summed E-state index contributed by atoms with van der Waals surface area (Å²) in [6, 6.07) is 1.87. The molecule has 92 valence electrons. The molecule has 0 amide bonds. The van der Waals surface area contributed by atoms with Gasteiger partial charge in [0, 0.05) is 15.9 Å². The number of hydrogen-bond donors (Lipinski definition) is 1. The predicted molar refractivity (Wildman–Crippen MR) is 81.4 cm³/mol. The Kier molecular flexibility index (Phi) is 4.46. The standard InChI is InChI=1S/C10H10Br3N3S/c1-2-16-9(6(12)4-15-16)8(14)7-3-5(11)10(13)17-7/h3-4,8H,2,14H2,1H3. The van der Waals surface area contributed by atoms with E-state index in [-0.39, 0.29) is 6.04 Å². The van der Waals surface area contributed by atoms with Crippen molar-refractivity contribution in [2.24, 2.45) is 5.73 Å². The summed E-state index contributed by atoms with van der Waals surface area (Å²) in [7, 11) is 0. The first-order chi connectivity index (χ1) is 8.04. The molecule has 0 saturated carbocycles. The molecule has 0 fully saturated rings. The first-order valence-electron chi connectivity index (χ1n) is 4.96. The maximum absolute atomic E-state index is 6.30. The van der Waals surface area contributed by atoms with Crippen molar-refractivity contribution in [2.75, 3.05) is 0 Å². The number of halogens is 3. The van der Waals surface area contributed by atoms with E-state index < -0.39 is 0 Å². The van der Waals surface area contributed by atoms with Gasteiger partial charge < -0.3 is 5.73 Å². The molecular formula is C10H10Br3N3S. The monoisotopic (exact) mass is 441 g/mol. The van der Waals surface area contributed by atoms with Crippen LogP contribution in [0.4, 0.5) is 0 Å². The van der Waals surface area contributed by atoms with Gasteiger partial charge in [-0.2, -0.15) is 5.10 Å². The molecule has 0 bridgehead atoms. The third-order valence-corrected chi connectivity index (χ3v) is 6.35. The van der Waals surface area contributed by atoms with Gasteiger partial charge in [-0.1, -0.05) is 0 Å². The van der Waals surface area contributed by atoms with E-state index in [9.17, 15) is 0 Å². The van der Waals surface area contributed by atoms with Crippen LogP contribution in [-0.2, 0) is 6.54 Å². The highest BCUT2D eigenvalue weighted by atomic mass is 79.9. The van der Waals surface area contributed by atoms with Crippen LogP contribution in [0.3, 0.4) is 0 Å². The fourth-order valence-electron chi connectivity index (χ4n) is 1.58. The third kappa shape index (κ3) is 2.68. The Morgan fingerprint density at radius 1 is 1.41 bits per heavy atom. The number of hydrogen-bond acceptors (Lipinski definition) is 3. The van der Waals surface area contributed by atoms with E-state index >= 15 is 0 Å². The summed E-state index contributed by atoms with van der Waals surface area (Å²) >= 11 is 12.1. The molecule has 0 aliphatic rings. The average Bonchev–Trinajstić information content (AvgIpc) is 2.82. The van der Waals surface area contributed by atoms with Crippen molar-refractivity contribution in [1.29, 1.82) is 0 Å². The molecule has 0 radical (unpaired) electrons. The van der Waals surface area contributed by atoms with E-state index in [4.69, 9.17) is 5.73 Å². The lowest BCUT2D eigenvalue weighted by atomic mass is 10.2. The Morgan fingerprint density at radius 3 is 2.65 bits per heavy atom. The van der Waals surface area contributed by atoms with Gasteiger partial charge in [0.05, 0.1) is 26.2 Å². The zero-order valence-electron chi connectivity index (χ0n) is 8.95. The summed E-state index contributed by atoms with van der Waals surface area (Å²) < 4.78 is 4.96. The van der Waals surface area contributed by atoms with Gasteiger partial charge in [0.2, 0.25) is 0 Å². The first-order valence-corrected chi connectivity index (χ1v) is 8.15. The summed E-state index contributed by atoms with van der Waals surface area (Å²) in [5, 5.41) is 4.28. The van der Waals surface area contributed by atoms with E-state index in [0.29, 0.717) is 0 Å². The van der Waals surface area contributed by atoms with E-state index in [1.54, 1.807) is 17.5 Å². The van der Waals surface area contributed by atoms with E-state index in [1.165, 1.54) is 0 Å². The lowest BCUT2D eigenvalue weighted by Gasteiger charge is -2.12. The van der Waals surface area contributed by atoms with Gasteiger partial charge >= 0.3 is 0 Å². The zero-order chi connectivity index (χ0) is 12.6. The number of thiophene rings is 1. The smallest absolute Gasteiger partial charge is 0.0843 e. The number of nitrogens with two attached hydrogens (primary N) is 1. The Labute approximate surface area is 129 Å². The summed E-state index contributed by atoms with van der Waals surface area (Å²) in [6.07, 6.45) is 1.79. The Hall–Kier alpha value is 0.310. The van der Waals surface area contributed by atoms with Crippen molar-refractivity contribution < 1.29 is 0 Å². The molecule has 0 spiro atoms. The van der Waals surface area contributed by atoms with E-state index in [0.717, 1.165) is 29.8 Å². The minimum absolute atomic E-state index is 0.167. The molecule has 0 aromatic carbocycles. The Balaban J connectivity index is 2.42. The summed E-state index contributed by atoms with van der Waals surface area (Å²) in [4.78, 5) is 1.10. The second-order valence-corrected chi connectivity index (χ2v) is 7.55. The summed E-state index contributed by atoms with van der Waals surface area (Å²) in [5.74, 6) is 0. The van der Waals surface area contributed by atoms with E-state index in [2.05, 4.69) is 59.8 Å². The maximum Gasteiger partial charge on any atom is 0.0843 e. The number of aromatic nitrogens is 2. The molecule has 7 heteroatoms. The molecule has 1 unspecified atom stereocenters. The van der Waals surface area contributed by atoms with Crippen molar-refractivity contribution in [3.63, 3.8) is 0 Å². The van der Waals surface area contributed by atoms with Gasteiger partial charge in [0.25, 0.3) is 0 Å². The van der Waals surface area contributed by atoms with Crippen LogP contribution in [0.15, 0.2) is 25.0 Å². The molecule has 17 heavy (non-hydrogen) atoms.